The zero-order chi connectivity index (χ0) is 19.2. The molecule has 0 unspecified atom stereocenters. The van der Waals surface area contributed by atoms with E-state index in [1.165, 1.54) is 14.2 Å². The van der Waals surface area contributed by atoms with Gasteiger partial charge in [0.15, 0.2) is 0 Å². The van der Waals surface area contributed by atoms with Gasteiger partial charge in [-0.15, -0.1) is 0 Å². The number of alkyl halides is 3. The van der Waals surface area contributed by atoms with E-state index in [0.29, 0.717) is 16.8 Å². The van der Waals surface area contributed by atoms with Gasteiger partial charge >= 0.3 is 24.0 Å². The van der Waals surface area contributed by atoms with E-state index in [0.717, 1.165) is 0 Å². The Balaban J connectivity index is 3.04. The molecule has 0 saturated heterocycles. The van der Waals surface area contributed by atoms with Crippen molar-refractivity contribution in [3.63, 3.8) is 0 Å². The first-order valence-electron chi connectivity index (χ1n) is 7.28. The van der Waals surface area contributed by atoms with Crippen LogP contribution in [0.4, 0.5) is 13.2 Å². The number of esters is 2. The predicted octanol–water partition coefficient (Wildman–Crippen LogP) is 1.32. The third-order valence-electron chi connectivity index (χ3n) is 3.56. The second-order valence-corrected chi connectivity index (χ2v) is 5.20. The number of ether oxygens (including phenoxy) is 2. The molecule has 10 heteroatoms. The van der Waals surface area contributed by atoms with Crippen molar-refractivity contribution in [3.05, 3.63) is 22.5 Å². The maximum absolute atomic E-state index is 12.3. The number of rotatable bonds is 7. The SMILES string of the molecule is COC(=O)CCc1c(C)[nH]c(CNC(=O)C(F)(F)F)c1CC(=O)OC. The Bertz CT molecular complexity index is 652. The number of methoxy groups -OCH3 is 2. The van der Waals surface area contributed by atoms with E-state index < -0.39 is 30.6 Å². The quantitative estimate of drug-likeness (QED) is 0.712. The van der Waals surface area contributed by atoms with Crippen molar-refractivity contribution in [2.45, 2.75) is 38.9 Å². The first-order valence-corrected chi connectivity index (χ1v) is 7.28. The maximum atomic E-state index is 12.3. The zero-order valence-electron chi connectivity index (χ0n) is 14.0. The van der Waals surface area contributed by atoms with Crippen molar-refractivity contribution < 1.29 is 37.0 Å². The molecule has 2 N–H and O–H groups in total. The fourth-order valence-electron chi connectivity index (χ4n) is 2.30. The Hall–Kier alpha value is -2.52. The molecular formula is C15H19F3N2O5. The molecule has 0 bridgehead atoms. The number of aryl methyl sites for hydroxylation is 1. The first kappa shape index (κ1) is 20.5. The zero-order valence-corrected chi connectivity index (χ0v) is 14.0. The Morgan fingerprint density at radius 3 is 2.20 bits per heavy atom. The van der Waals surface area contributed by atoms with Crippen molar-refractivity contribution in [2.24, 2.45) is 0 Å². The molecule has 0 atom stereocenters. The predicted molar refractivity (Wildman–Crippen MR) is 79.5 cm³/mol. The lowest BCUT2D eigenvalue weighted by Crippen LogP contribution is -2.36. The van der Waals surface area contributed by atoms with Gasteiger partial charge in [-0.25, -0.2) is 0 Å². The normalized spacial score (nSPS) is 11.1. The van der Waals surface area contributed by atoms with Crippen LogP contribution in [0.2, 0.25) is 0 Å². The highest BCUT2D eigenvalue weighted by Crippen LogP contribution is 2.23. The Morgan fingerprint density at radius 2 is 1.68 bits per heavy atom. The van der Waals surface area contributed by atoms with Crippen LogP contribution in [0.5, 0.6) is 0 Å². The van der Waals surface area contributed by atoms with Gasteiger partial charge in [0.2, 0.25) is 0 Å². The molecule has 0 radical (unpaired) electrons. The number of nitrogens with one attached hydrogen (secondary N) is 2. The Morgan fingerprint density at radius 1 is 1.08 bits per heavy atom. The van der Waals surface area contributed by atoms with Crippen LogP contribution in [0.25, 0.3) is 0 Å². The first-order chi connectivity index (χ1) is 11.6. The van der Waals surface area contributed by atoms with E-state index in [1.807, 2.05) is 0 Å². The third kappa shape index (κ3) is 5.80. The summed E-state index contributed by atoms with van der Waals surface area (Å²) in [7, 11) is 2.42. The number of carbonyl (C=O) groups excluding carboxylic acids is 3. The van der Waals surface area contributed by atoms with Crippen LogP contribution in [-0.4, -0.2) is 43.2 Å². The van der Waals surface area contributed by atoms with Crippen molar-refractivity contribution in [3.8, 4) is 0 Å². The highest BCUT2D eigenvalue weighted by Gasteiger charge is 2.38. The third-order valence-corrected chi connectivity index (χ3v) is 3.56. The molecule has 25 heavy (non-hydrogen) atoms. The van der Waals surface area contributed by atoms with Crippen LogP contribution in [0.1, 0.15) is 28.9 Å². The minimum atomic E-state index is -5.00. The molecule has 7 nitrogen and oxygen atoms in total. The summed E-state index contributed by atoms with van der Waals surface area (Å²) in [4.78, 5) is 36.7. The lowest BCUT2D eigenvalue weighted by Gasteiger charge is -2.10. The molecule has 0 aromatic carbocycles. The number of amides is 1. The smallest absolute Gasteiger partial charge is 0.469 e. The van der Waals surface area contributed by atoms with Crippen LogP contribution >= 0.6 is 0 Å². The molecule has 0 spiro atoms. The van der Waals surface area contributed by atoms with E-state index in [4.69, 9.17) is 0 Å². The van der Waals surface area contributed by atoms with Crippen LogP contribution in [0.3, 0.4) is 0 Å². The van der Waals surface area contributed by atoms with Gasteiger partial charge < -0.3 is 19.8 Å². The number of hydrogen-bond acceptors (Lipinski definition) is 5. The standard InChI is InChI=1S/C15H19F3N2O5/c1-8-9(4-5-12(21)24-2)10(6-13(22)25-3)11(20-8)7-19-14(23)15(16,17)18/h20H,4-7H2,1-3H3,(H,19,23). The van der Waals surface area contributed by atoms with Crippen molar-refractivity contribution >= 4 is 17.8 Å². The highest BCUT2D eigenvalue weighted by atomic mass is 19.4. The molecule has 1 aromatic heterocycles. The van der Waals surface area contributed by atoms with Crippen LogP contribution in [0.15, 0.2) is 0 Å². The fourth-order valence-corrected chi connectivity index (χ4v) is 2.30. The number of carbonyl (C=O) groups is 3. The summed E-state index contributed by atoms with van der Waals surface area (Å²) >= 11 is 0. The minimum absolute atomic E-state index is 0.0394. The summed E-state index contributed by atoms with van der Waals surface area (Å²) in [6.45, 7) is 1.21. The molecule has 140 valence electrons. The average molecular weight is 364 g/mol. The van der Waals surface area contributed by atoms with Crippen molar-refractivity contribution in [2.75, 3.05) is 14.2 Å². The summed E-state index contributed by atoms with van der Waals surface area (Å²) in [5.41, 5.74) is 1.84. The molecule has 0 saturated carbocycles. The molecule has 0 fully saturated rings. The maximum Gasteiger partial charge on any atom is 0.471 e. The van der Waals surface area contributed by atoms with Gasteiger partial charge in [-0.1, -0.05) is 0 Å². The van der Waals surface area contributed by atoms with Gasteiger partial charge in [-0.2, -0.15) is 13.2 Å². The molecule has 1 aromatic rings. The second-order valence-electron chi connectivity index (χ2n) is 5.20. The Kier molecular flexibility index (Phi) is 7.01. The average Bonchev–Trinajstić information content (AvgIpc) is 2.84. The topological polar surface area (TPSA) is 97.5 Å². The van der Waals surface area contributed by atoms with E-state index in [-0.39, 0.29) is 25.0 Å². The summed E-state index contributed by atoms with van der Waals surface area (Å²) < 4.78 is 46.1. The van der Waals surface area contributed by atoms with E-state index in [2.05, 4.69) is 14.5 Å². The van der Waals surface area contributed by atoms with Gasteiger partial charge in [0.05, 0.1) is 27.2 Å². The van der Waals surface area contributed by atoms with Gasteiger partial charge in [0, 0.05) is 17.8 Å². The molecule has 0 aliphatic carbocycles. The monoisotopic (exact) mass is 364 g/mol. The summed E-state index contributed by atoms with van der Waals surface area (Å²) in [6.07, 6.45) is -4.93. The van der Waals surface area contributed by atoms with E-state index in [9.17, 15) is 27.6 Å². The number of aromatic nitrogens is 1. The van der Waals surface area contributed by atoms with Gasteiger partial charge in [0.1, 0.15) is 0 Å². The molecular weight excluding hydrogens is 345 g/mol. The van der Waals surface area contributed by atoms with Crippen LogP contribution in [-0.2, 0) is 43.2 Å². The molecule has 1 amide bonds. The highest BCUT2D eigenvalue weighted by molar-refractivity contribution is 5.81. The van der Waals surface area contributed by atoms with E-state index >= 15 is 0 Å². The van der Waals surface area contributed by atoms with Crippen molar-refractivity contribution in [1.29, 1.82) is 0 Å². The molecule has 1 rings (SSSR count). The fraction of sp³-hybridized carbons (Fsp3) is 0.533. The van der Waals surface area contributed by atoms with Gasteiger partial charge in [-0.3, -0.25) is 14.4 Å². The van der Waals surface area contributed by atoms with Gasteiger partial charge in [-0.05, 0) is 24.5 Å². The number of hydrogen-bond donors (Lipinski definition) is 2. The lowest BCUT2D eigenvalue weighted by atomic mass is 10.0. The van der Waals surface area contributed by atoms with E-state index in [1.54, 1.807) is 12.2 Å². The summed E-state index contributed by atoms with van der Waals surface area (Å²) in [5.74, 6) is -3.14. The molecule has 0 aliphatic heterocycles. The van der Waals surface area contributed by atoms with Crippen molar-refractivity contribution in [1.82, 2.24) is 10.3 Å². The minimum Gasteiger partial charge on any atom is -0.469 e. The largest absolute Gasteiger partial charge is 0.471 e. The van der Waals surface area contributed by atoms with Crippen LogP contribution < -0.4 is 5.32 Å². The number of H-pyrrole nitrogens is 1. The number of halogens is 3. The molecule has 0 aliphatic rings. The van der Waals surface area contributed by atoms with Gasteiger partial charge in [0.25, 0.3) is 0 Å². The number of aromatic amines is 1. The Labute approximate surface area is 141 Å². The second kappa shape index (κ2) is 8.54. The molecule has 1 heterocycles. The summed E-state index contributed by atoms with van der Waals surface area (Å²) in [6, 6.07) is 0. The van der Waals surface area contributed by atoms with Crippen LogP contribution in [0, 0.1) is 6.92 Å². The summed E-state index contributed by atoms with van der Waals surface area (Å²) in [5, 5.41) is 1.75. The lowest BCUT2D eigenvalue weighted by molar-refractivity contribution is -0.173.